The summed E-state index contributed by atoms with van der Waals surface area (Å²) in [6, 6.07) is 0. The third-order valence-electron chi connectivity index (χ3n) is 4.10. The Bertz CT molecular complexity index is 350. The molecule has 2 aliphatic heterocycles. The summed E-state index contributed by atoms with van der Waals surface area (Å²) in [4.78, 5) is 27.5. The van der Waals surface area contributed by atoms with Gasteiger partial charge in [0.2, 0.25) is 11.8 Å². The van der Waals surface area contributed by atoms with Gasteiger partial charge in [-0.15, -0.1) is 0 Å². The Balaban J connectivity index is 1.60. The molecule has 2 amide bonds. The summed E-state index contributed by atoms with van der Waals surface area (Å²) in [5.41, 5.74) is 0. The van der Waals surface area contributed by atoms with Gasteiger partial charge in [-0.25, -0.2) is 0 Å². The molecular weight excluding hydrogens is 270 g/mol. The van der Waals surface area contributed by atoms with Crippen LogP contribution in [-0.4, -0.2) is 74.1 Å². The Hall–Kier alpha value is -1.14. The number of hydrogen-bond donors (Lipinski definition) is 1. The van der Waals surface area contributed by atoms with Gasteiger partial charge >= 0.3 is 0 Å². The average molecular weight is 297 g/mol. The molecule has 21 heavy (non-hydrogen) atoms. The maximum absolute atomic E-state index is 11.9. The van der Waals surface area contributed by atoms with Crippen molar-refractivity contribution in [3.63, 3.8) is 0 Å². The van der Waals surface area contributed by atoms with Crippen molar-refractivity contribution >= 4 is 11.8 Å². The quantitative estimate of drug-likeness (QED) is 0.762. The molecule has 0 aromatic rings. The van der Waals surface area contributed by atoms with E-state index in [0.29, 0.717) is 6.54 Å². The van der Waals surface area contributed by atoms with E-state index < -0.39 is 0 Å². The number of likely N-dealkylation sites (N-methyl/N-ethyl adjacent to an activating group) is 1. The van der Waals surface area contributed by atoms with E-state index in [1.54, 1.807) is 0 Å². The molecule has 0 bridgehead atoms. The van der Waals surface area contributed by atoms with Gasteiger partial charge in [-0.3, -0.25) is 14.5 Å². The third-order valence-corrected chi connectivity index (χ3v) is 4.10. The topological polar surface area (TPSA) is 61.9 Å². The van der Waals surface area contributed by atoms with E-state index in [9.17, 15) is 9.59 Å². The maximum Gasteiger partial charge on any atom is 0.241 e. The van der Waals surface area contributed by atoms with Crippen molar-refractivity contribution in [2.75, 3.05) is 46.4 Å². The molecule has 2 fully saturated rings. The molecule has 0 radical (unpaired) electrons. The molecule has 2 rings (SSSR count). The van der Waals surface area contributed by atoms with Crippen LogP contribution in [0.3, 0.4) is 0 Å². The van der Waals surface area contributed by atoms with Crippen molar-refractivity contribution < 1.29 is 14.3 Å². The zero-order valence-corrected chi connectivity index (χ0v) is 13.0. The van der Waals surface area contributed by atoms with Crippen LogP contribution in [0.4, 0.5) is 0 Å². The highest BCUT2D eigenvalue weighted by Gasteiger charge is 2.20. The van der Waals surface area contributed by atoms with Crippen LogP contribution in [0.15, 0.2) is 0 Å². The highest BCUT2D eigenvalue weighted by atomic mass is 16.5. The summed E-state index contributed by atoms with van der Waals surface area (Å²) in [5.74, 6) is -0.0695. The normalized spacial score (nSPS) is 22.6. The predicted octanol–water partition coefficient (Wildman–Crippen LogP) is 0.226. The molecule has 0 aliphatic carbocycles. The molecule has 2 aliphatic rings. The van der Waals surface area contributed by atoms with Gasteiger partial charge in [-0.05, 0) is 39.2 Å². The van der Waals surface area contributed by atoms with Crippen LogP contribution >= 0.6 is 0 Å². The van der Waals surface area contributed by atoms with Gasteiger partial charge < -0.3 is 15.0 Å². The predicted molar refractivity (Wildman–Crippen MR) is 79.9 cm³/mol. The summed E-state index contributed by atoms with van der Waals surface area (Å²) < 4.78 is 5.66. The number of carbonyl (C=O) groups excluding carboxylic acids is 2. The van der Waals surface area contributed by atoms with Gasteiger partial charge in [-0.1, -0.05) is 0 Å². The Morgan fingerprint density at radius 1 is 1.24 bits per heavy atom. The van der Waals surface area contributed by atoms with E-state index >= 15 is 0 Å². The molecule has 1 atom stereocenters. The van der Waals surface area contributed by atoms with Crippen molar-refractivity contribution in [3.8, 4) is 0 Å². The Labute approximate surface area is 126 Å². The first kappa shape index (κ1) is 16.2. The summed E-state index contributed by atoms with van der Waals surface area (Å²) in [6.45, 7) is 3.68. The minimum atomic E-state index is -0.0964. The monoisotopic (exact) mass is 297 g/mol. The number of rotatable bonds is 6. The van der Waals surface area contributed by atoms with Gasteiger partial charge in [0.05, 0.1) is 19.2 Å². The van der Waals surface area contributed by atoms with Gasteiger partial charge in [-0.2, -0.15) is 0 Å². The summed E-state index contributed by atoms with van der Waals surface area (Å²) in [5, 5.41) is 2.71. The van der Waals surface area contributed by atoms with E-state index in [1.165, 1.54) is 6.42 Å². The largest absolute Gasteiger partial charge is 0.377 e. The van der Waals surface area contributed by atoms with Crippen LogP contribution in [0.1, 0.15) is 32.1 Å². The summed E-state index contributed by atoms with van der Waals surface area (Å²) in [7, 11) is 1.92. The fraction of sp³-hybridized carbons (Fsp3) is 0.867. The SMILES string of the molecule is CN(CC(=O)NCC(=O)N1CCCC1)CC1CCCCO1. The minimum absolute atomic E-state index is 0.0270. The number of amides is 2. The molecule has 0 spiro atoms. The van der Waals surface area contributed by atoms with Crippen LogP contribution in [0, 0.1) is 0 Å². The fourth-order valence-corrected chi connectivity index (χ4v) is 2.92. The van der Waals surface area contributed by atoms with Crippen LogP contribution in [0.5, 0.6) is 0 Å². The molecule has 2 heterocycles. The zero-order chi connectivity index (χ0) is 15.1. The highest BCUT2D eigenvalue weighted by molar-refractivity contribution is 5.85. The van der Waals surface area contributed by atoms with Crippen molar-refractivity contribution in [1.82, 2.24) is 15.1 Å². The Kier molecular flexibility index (Phi) is 6.45. The fourth-order valence-electron chi connectivity index (χ4n) is 2.92. The first-order valence-electron chi connectivity index (χ1n) is 8.00. The second-order valence-corrected chi connectivity index (χ2v) is 6.05. The van der Waals surface area contributed by atoms with Crippen LogP contribution < -0.4 is 5.32 Å². The number of ether oxygens (including phenoxy) is 1. The van der Waals surface area contributed by atoms with E-state index in [-0.39, 0.29) is 24.5 Å². The number of nitrogens with zero attached hydrogens (tertiary/aromatic N) is 2. The maximum atomic E-state index is 11.9. The Morgan fingerprint density at radius 3 is 2.67 bits per heavy atom. The second kappa shape index (κ2) is 8.34. The summed E-state index contributed by atoms with van der Waals surface area (Å²) >= 11 is 0. The van der Waals surface area contributed by atoms with E-state index in [4.69, 9.17) is 4.74 Å². The van der Waals surface area contributed by atoms with Gasteiger partial charge in [0.15, 0.2) is 0 Å². The van der Waals surface area contributed by atoms with Crippen LogP contribution in [0.25, 0.3) is 0 Å². The molecule has 1 unspecified atom stereocenters. The smallest absolute Gasteiger partial charge is 0.241 e. The van der Waals surface area contributed by atoms with Crippen molar-refractivity contribution in [1.29, 1.82) is 0 Å². The molecule has 1 N–H and O–H groups in total. The lowest BCUT2D eigenvalue weighted by atomic mass is 10.1. The molecule has 120 valence electrons. The number of hydrogen-bond acceptors (Lipinski definition) is 4. The Morgan fingerprint density at radius 2 is 2.00 bits per heavy atom. The van der Waals surface area contributed by atoms with E-state index in [0.717, 1.165) is 51.9 Å². The molecular formula is C15H27N3O3. The summed E-state index contributed by atoms with van der Waals surface area (Å²) in [6.07, 6.45) is 5.80. The average Bonchev–Trinajstić information content (AvgIpc) is 3.00. The van der Waals surface area contributed by atoms with Crippen molar-refractivity contribution in [2.45, 2.75) is 38.2 Å². The van der Waals surface area contributed by atoms with Crippen molar-refractivity contribution in [2.24, 2.45) is 0 Å². The van der Waals surface area contributed by atoms with Crippen LogP contribution in [-0.2, 0) is 14.3 Å². The van der Waals surface area contributed by atoms with Crippen LogP contribution in [0.2, 0.25) is 0 Å². The van der Waals surface area contributed by atoms with Crippen molar-refractivity contribution in [3.05, 3.63) is 0 Å². The molecule has 2 saturated heterocycles. The number of nitrogens with one attached hydrogen (secondary N) is 1. The first-order chi connectivity index (χ1) is 10.1. The number of carbonyl (C=O) groups is 2. The third kappa shape index (κ3) is 5.63. The lowest BCUT2D eigenvalue weighted by molar-refractivity contribution is -0.132. The molecule has 6 heteroatoms. The molecule has 0 aromatic heterocycles. The standard InChI is InChI=1S/C15H27N3O3/c1-17(11-13-6-2-5-9-21-13)12-14(19)16-10-15(20)18-7-3-4-8-18/h13H,2-12H2,1H3,(H,16,19). The molecule has 6 nitrogen and oxygen atoms in total. The number of likely N-dealkylation sites (tertiary alicyclic amines) is 1. The van der Waals surface area contributed by atoms with E-state index in [2.05, 4.69) is 5.32 Å². The first-order valence-corrected chi connectivity index (χ1v) is 8.00. The molecule has 0 aromatic carbocycles. The lowest BCUT2D eigenvalue weighted by Gasteiger charge is -2.27. The van der Waals surface area contributed by atoms with Gasteiger partial charge in [0.25, 0.3) is 0 Å². The van der Waals surface area contributed by atoms with Gasteiger partial charge in [0.1, 0.15) is 0 Å². The second-order valence-electron chi connectivity index (χ2n) is 6.05. The highest BCUT2D eigenvalue weighted by Crippen LogP contribution is 2.13. The minimum Gasteiger partial charge on any atom is -0.377 e. The lowest BCUT2D eigenvalue weighted by Crippen LogP contribution is -2.43. The zero-order valence-electron chi connectivity index (χ0n) is 13.0. The van der Waals surface area contributed by atoms with Gasteiger partial charge in [0, 0.05) is 26.2 Å². The molecule has 0 saturated carbocycles. The van der Waals surface area contributed by atoms with E-state index in [1.807, 2.05) is 16.8 Å².